The van der Waals surface area contributed by atoms with Crippen molar-refractivity contribution in [2.24, 2.45) is 0 Å². The average Bonchev–Trinajstić information content (AvgIpc) is 2.18. The molecule has 0 heterocycles. The first kappa shape index (κ1) is 12.2. The molecule has 15 heavy (non-hydrogen) atoms. The van der Waals surface area contributed by atoms with Gasteiger partial charge in [0.25, 0.3) is 0 Å². The number of hydrogen-bond acceptors (Lipinski definition) is 1. The summed E-state index contributed by atoms with van der Waals surface area (Å²) in [6.07, 6.45) is 2.04. The van der Waals surface area contributed by atoms with Crippen molar-refractivity contribution in [3.8, 4) is 0 Å². The van der Waals surface area contributed by atoms with Crippen molar-refractivity contribution in [3.63, 3.8) is 0 Å². The van der Waals surface area contributed by atoms with E-state index in [-0.39, 0.29) is 0 Å². The van der Waals surface area contributed by atoms with Gasteiger partial charge in [0.1, 0.15) is 0 Å². The fourth-order valence-electron chi connectivity index (χ4n) is 1.38. The topological polar surface area (TPSA) is 17.1 Å². The second-order valence-corrected chi connectivity index (χ2v) is 5.25. The Bertz CT molecular complexity index is 351. The Morgan fingerprint density at radius 1 is 1.33 bits per heavy atom. The monoisotopic (exact) mass is 222 g/mol. The van der Waals surface area contributed by atoms with Crippen LogP contribution in [0.15, 0.2) is 41.3 Å². The third-order valence-corrected chi connectivity index (χ3v) is 3.69. The first-order valence-electron chi connectivity index (χ1n) is 5.25. The van der Waals surface area contributed by atoms with Crippen molar-refractivity contribution in [2.45, 2.75) is 31.6 Å². The van der Waals surface area contributed by atoms with Crippen LogP contribution in [-0.2, 0) is 10.8 Å². The Labute approximate surface area is 94.7 Å². The second kappa shape index (κ2) is 5.86. The summed E-state index contributed by atoms with van der Waals surface area (Å²) in [5.74, 6) is 0.594. The Balaban J connectivity index is 2.61. The normalized spacial score (nSPS) is 12.4. The summed E-state index contributed by atoms with van der Waals surface area (Å²) in [6, 6.07) is 7.86. The lowest BCUT2D eigenvalue weighted by atomic mass is 10.2. The predicted octanol–water partition coefficient (Wildman–Crippen LogP) is 3.46. The summed E-state index contributed by atoms with van der Waals surface area (Å²) in [5.41, 5.74) is 2.28. The van der Waals surface area contributed by atoms with Crippen LogP contribution in [-0.4, -0.2) is 9.96 Å². The molecule has 0 N–H and O–H groups in total. The maximum absolute atomic E-state index is 11.9. The number of benzene rings is 1. The summed E-state index contributed by atoms with van der Waals surface area (Å²) in [6.45, 7) is 8.08. The molecule has 1 atom stereocenters. The molecule has 82 valence electrons. The third-order valence-electron chi connectivity index (χ3n) is 2.22. The minimum Gasteiger partial charge on any atom is -0.254 e. The highest BCUT2D eigenvalue weighted by molar-refractivity contribution is 7.85. The van der Waals surface area contributed by atoms with Gasteiger partial charge < -0.3 is 0 Å². The summed E-state index contributed by atoms with van der Waals surface area (Å²) < 4.78 is 11.9. The van der Waals surface area contributed by atoms with Gasteiger partial charge in [-0.2, -0.15) is 0 Å². The van der Waals surface area contributed by atoms with E-state index in [2.05, 4.69) is 13.5 Å². The highest BCUT2D eigenvalue weighted by atomic mass is 32.2. The van der Waals surface area contributed by atoms with E-state index < -0.39 is 10.8 Å². The molecule has 0 saturated carbocycles. The van der Waals surface area contributed by atoms with Gasteiger partial charge in [-0.3, -0.25) is 4.21 Å². The van der Waals surface area contributed by atoms with Crippen molar-refractivity contribution >= 4 is 10.8 Å². The second-order valence-electron chi connectivity index (χ2n) is 3.80. The maximum atomic E-state index is 11.9. The van der Waals surface area contributed by atoms with Gasteiger partial charge in [0.15, 0.2) is 0 Å². The molecule has 2 heteroatoms. The van der Waals surface area contributed by atoms with Crippen LogP contribution in [0.1, 0.15) is 25.3 Å². The van der Waals surface area contributed by atoms with Crippen LogP contribution in [0, 0.1) is 6.92 Å². The first-order valence-corrected chi connectivity index (χ1v) is 6.57. The molecule has 1 aromatic rings. The SMILES string of the molecule is C=C(CCC)CS(=O)c1ccc(C)cc1. The number of aryl methyl sites for hydroxylation is 1. The van der Waals surface area contributed by atoms with Gasteiger partial charge in [-0.1, -0.05) is 43.2 Å². The quantitative estimate of drug-likeness (QED) is 0.697. The highest BCUT2D eigenvalue weighted by Crippen LogP contribution is 2.12. The molecule has 0 bridgehead atoms. The van der Waals surface area contributed by atoms with Crippen LogP contribution < -0.4 is 0 Å². The van der Waals surface area contributed by atoms with Crippen LogP contribution in [0.5, 0.6) is 0 Å². The molecule has 1 rings (SSSR count). The molecule has 0 aromatic heterocycles. The third kappa shape index (κ3) is 4.00. The van der Waals surface area contributed by atoms with Gasteiger partial charge in [-0.05, 0) is 25.5 Å². The average molecular weight is 222 g/mol. The lowest BCUT2D eigenvalue weighted by Gasteiger charge is -2.04. The van der Waals surface area contributed by atoms with E-state index in [1.165, 1.54) is 5.56 Å². The lowest BCUT2D eigenvalue weighted by Crippen LogP contribution is -2.00. The minimum atomic E-state index is -0.923. The predicted molar refractivity (Wildman–Crippen MR) is 66.5 cm³/mol. The molecule has 0 saturated heterocycles. The Morgan fingerprint density at radius 2 is 1.93 bits per heavy atom. The van der Waals surface area contributed by atoms with Crippen LogP contribution in [0.4, 0.5) is 0 Å². The van der Waals surface area contributed by atoms with Gasteiger partial charge in [0, 0.05) is 10.6 Å². The van der Waals surface area contributed by atoms with E-state index in [0.717, 1.165) is 23.3 Å². The van der Waals surface area contributed by atoms with Gasteiger partial charge >= 0.3 is 0 Å². The molecule has 0 fully saturated rings. The van der Waals surface area contributed by atoms with Crippen LogP contribution in [0.2, 0.25) is 0 Å². The van der Waals surface area contributed by atoms with E-state index in [4.69, 9.17) is 0 Å². The molecular weight excluding hydrogens is 204 g/mol. The number of rotatable bonds is 5. The minimum absolute atomic E-state index is 0.594. The molecule has 0 spiro atoms. The Kier molecular flexibility index (Phi) is 4.76. The van der Waals surface area contributed by atoms with Gasteiger partial charge in [0.05, 0.1) is 10.8 Å². The number of hydrogen-bond donors (Lipinski definition) is 0. The Hall–Kier alpha value is -0.890. The molecule has 0 aliphatic rings. The molecule has 0 amide bonds. The van der Waals surface area contributed by atoms with Crippen molar-refractivity contribution in [1.82, 2.24) is 0 Å². The zero-order valence-electron chi connectivity index (χ0n) is 9.45. The van der Waals surface area contributed by atoms with E-state index >= 15 is 0 Å². The zero-order chi connectivity index (χ0) is 11.3. The fraction of sp³-hybridized carbons (Fsp3) is 0.385. The van der Waals surface area contributed by atoms with E-state index in [1.807, 2.05) is 31.2 Å². The van der Waals surface area contributed by atoms with E-state index in [0.29, 0.717) is 5.75 Å². The molecular formula is C13H18OS. The molecule has 1 nitrogen and oxygen atoms in total. The first-order chi connectivity index (χ1) is 7.13. The van der Waals surface area contributed by atoms with Crippen LogP contribution in [0.3, 0.4) is 0 Å². The van der Waals surface area contributed by atoms with Crippen LogP contribution >= 0.6 is 0 Å². The smallest absolute Gasteiger partial charge is 0.0570 e. The van der Waals surface area contributed by atoms with Crippen molar-refractivity contribution < 1.29 is 4.21 Å². The largest absolute Gasteiger partial charge is 0.254 e. The van der Waals surface area contributed by atoms with Crippen LogP contribution in [0.25, 0.3) is 0 Å². The summed E-state index contributed by atoms with van der Waals surface area (Å²) in [4.78, 5) is 0.901. The van der Waals surface area contributed by atoms with Crippen molar-refractivity contribution in [1.29, 1.82) is 0 Å². The van der Waals surface area contributed by atoms with E-state index in [1.54, 1.807) is 0 Å². The summed E-state index contributed by atoms with van der Waals surface area (Å²) in [7, 11) is -0.923. The van der Waals surface area contributed by atoms with Gasteiger partial charge in [-0.25, -0.2) is 0 Å². The highest BCUT2D eigenvalue weighted by Gasteiger charge is 2.04. The summed E-state index contributed by atoms with van der Waals surface area (Å²) >= 11 is 0. The molecule has 0 aliphatic heterocycles. The maximum Gasteiger partial charge on any atom is 0.0570 e. The molecule has 1 unspecified atom stereocenters. The van der Waals surface area contributed by atoms with Crippen molar-refractivity contribution in [2.75, 3.05) is 5.75 Å². The van der Waals surface area contributed by atoms with Gasteiger partial charge in [-0.15, -0.1) is 0 Å². The Morgan fingerprint density at radius 3 is 2.47 bits per heavy atom. The molecule has 0 radical (unpaired) electrons. The lowest BCUT2D eigenvalue weighted by molar-refractivity contribution is 0.683. The summed E-state index contributed by atoms with van der Waals surface area (Å²) in [5, 5.41) is 0. The molecule has 0 aliphatic carbocycles. The molecule has 1 aromatic carbocycles. The standard InChI is InChI=1S/C13H18OS/c1-4-5-12(3)10-15(14)13-8-6-11(2)7-9-13/h6-9H,3-5,10H2,1-2H3. The van der Waals surface area contributed by atoms with Crippen molar-refractivity contribution in [3.05, 3.63) is 42.0 Å². The van der Waals surface area contributed by atoms with Gasteiger partial charge in [0.2, 0.25) is 0 Å². The zero-order valence-corrected chi connectivity index (χ0v) is 10.3. The van der Waals surface area contributed by atoms with E-state index in [9.17, 15) is 4.21 Å². The fourth-order valence-corrected chi connectivity index (χ4v) is 2.51.